The molecule has 1 N–H and O–H groups in total. The number of hydrogen-bond donors (Lipinski definition) is 1. The van der Waals surface area contributed by atoms with Crippen LogP contribution in [-0.4, -0.2) is 43.6 Å². The number of benzene rings is 1. The van der Waals surface area contributed by atoms with Crippen molar-refractivity contribution in [1.82, 2.24) is 24.6 Å². The van der Waals surface area contributed by atoms with Crippen LogP contribution in [0.1, 0.15) is 22.0 Å². The summed E-state index contributed by atoms with van der Waals surface area (Å²) in [5, 5.41) is 11.4. The van der Waals surface area contributed by atoms with E-state index in [0.29, 0.717) is 17.7 Å². The van der Waals surface area contributed by atoms with Crippen LogP contribution in [0.15, 0.2) is 54.9 Å². The Morgan fingerprint density at radius 1 is 1.00 bits per heavy atom. The molecule has 2 atom stereocenters. The predicted octanol–water partition coefficient (Wildman–Crippen LogP) is 2.23. The summed E-state index contributed by atoms with van der Waals surface area (Å²) >= 11 is 0. The monoisotopic (exact) mass is 374 g/mol. The summed E-state index contributed by atoms with van der Waals surface area (Å²) in [4.78, 5) is 19.3. The van der Waals surface area contributed by atoms with Crippen molar-refractivity contribution < 1.29 is 4.79 Å². The van der Waals surface area contributed by atoms with Crippen LogP contribution in [-0.2, 0) is 19.5 Å². The van der Waals surface area contributed by atoms with Gasteiger partial charge in [-0.15, -0.1) is 10.2 Å². The standard InChI is InChI=1S/C21H22N6O/c28-21(23-18-4-2-1-3-5-18)20-25-24-19-10-16-12-26(13-17(16)14-27(19)20)11-15-6-8-22-9-7-15/h1-9,16-17H,10-14H2,(H,23,28)/t16-,17+/m0/s1. The molecule has 1 aromatic carbocycles. The molecular weight excluding hydrogens is 352 g/mol. The van der Waals surface area contributed by atoms with Crippen LogP contribution in [0.5, 0.6) is 0 Å². The Balaban J connectivity index is 1.29. The van der Waals surface area contributed by atoms with Gasteiger partial charge in [-0.2, -0.15) is 0 Å². The van der Waals surface area contributed by atoms with Gasteiger partial charge in [0.2, 0.25) is 5.82 Å². The van der Waals surface area contributed by atoms with E-state index < -0.39 is 0 Å². The van der Waals surface area contributed by atoms with Gasteiger partial charge in [0, 0.05) is 50.7 Å². The summed E-state index contributed by atoms with van der Waals surface area (Å²) in [6.07, 6.45) is 4.57. The molecule has 0 unspecified atom stereocenters. The predicted molar refractivity (Wildman–Crippen MR) is 105 cm³/mol. The van der Waals surface area contributed by atoms with Gasteiger partial charge in [0.15, 0.2) is 0 Å². The number of likely N-dealkylation sites (tertiary alicyclic amines) is 1. The van der Waals surface area contributed by atoms with Gasteiger partial charge in [0.05, 0.1) is 0 Å². The summed E-state index contributed by atoms with van der Waals surface area (Å²) in [7, 11) is 0. The molecule has 0 aliphatic carbocycles. The first-order valence-electron chi connectivity index (χ1n) is 9.66. The molecule has 2 aromatic heterocycles. The Bertz CT molecular complexity index is 971. The third kappa shape index (κ3) is 3.29. The molecule has 2 aliphatic heterocycles. The summed E-state index contributed by atoms with van der Waals surface area (Å²) < 4.78 is 2.01. The van der Waals surface area contributed by atoms with Crippen molar-refractivity contribution >= 4 is 11.6 Å². The fourth-order valence-electron chi connectivity index (χ4n) is 4.37. The molecule has 1 saturated heterocycles. The van der Waals surface area contributed by atoms with E-state index >= 15 is 0 Å². The Morgan fingerprint density at radius 3 is 2.61 bits per heavy atom. The molecule has 5 rings (SSSR count). The zero-order chi connectivity index (χ0) is 18.9. The quantitative estimate of drug-likeness (QED) is 0.758. The average molecular weight is 374 g/mol. The minimum absolute atomic E-state index is 0.199. The smallest absolute Gasteiger partial charge is 0.293 e. The van der Waals surface area contributed by atoms with E-state index in [4.69, 9.17) is 0 Å². The molecule has 2 aliphatic rings. The number of nitrogens with one attached hydrogen (secondary N) is 1. The van der Waals surface area contributed by atoms with Crippen molar-refractivity contribution in [3.8, 4) is 0 Å². The van der Waals surface area contributed by atoms with Crippen LogP contribution in [0.3, 0.4) is 0 Å². The number of hydrogen-bond acceptors (Lipinski definition) is 5. The lowest BCUT2D eigenvalue weighted by Crippen LogP contribution is -2.31. The molecule has 28 heavy (non-hydrogen) atoms. The van der Waals surface area contributed by atoms with Crippen LogP contribution in [0, 0.1) is 11.8 Å². The van der Waals surface area contributed by atoms with Crippen molar-refractivity contribution in [2.24, 2.45) is 11.8 Å². The summed E-state index contributed by atoms with van der Waals surface area (Å²) in [6, 6.07) is 13.6. The highest BCUT2D eigenvalue weighted by atomic mass is 16.2. The second kappa shape index (κ2) is 7.16. The van der Waals surface area contributed by atoms with E-state index in [1.165, 1.54) is 5.56 Å². The van der Waals surface area contributed by atoms with Gasteiger partial charge >= 0.3 is 0 Å². The maximum absolute atomic E-state index is 12.7. The summed E-state index contributed by atoms with van der Waals surface area (Å²) in [5.74, 6) is 2.22. The summed E-state index contributed by atoms with van der Waals surface area (Å²) in [6.45, 7) is 3.84. The minimum Gasteiger partial charge on any atom is -0.319 e. The third-order valence-electron chi connectivity index (χ3n) is 5.73. The molecule has 7 heteroatoms. The fraction of sp³-hybridized carbons (Fsp3) is 0.333. The van der Waals surface area contributed by atoms with Crippen molar-refractivity contribution in [2.75, 3.05) is 18.4 Å². The first kappa shape index (κ1) is 17.1. The SMILES string of the molecule is O=C(Nc1ccccc1)c1nnc2n1C[C@H]1CN(Cc3ccncc3)C[C@@H]1C2. The first-order chi connectivity index (χ1) is 13.8. The Kier molecular flexibility index (Phi) is 4.37. The van der Waals surface area contributed by atoms with Crippen LogP contribution in [0.25, 0.3) is 0 Å². The highest BCUT2D eigenvalue weighted by Crippen LogP contribution is 2.33. The number of rotatable bonds is 4. The van der Waals surface area contributed by atoms with Crippen LogP contribution >= 0.6 is 0 Å². The Labute approximate surface area is 163 Å². The number of carbonyl (C=O) groups is 1. The molecule has 4 heterocycles. The lowest BCUT2D eigenvalue weighted by atomic mass is 9.89. The molecule has 0 bridgehead atoms. The lowest BCUT2D eigenvalue weighted by Gasteiger charge is -2.25. The van der Waals surface area contributed by atoms with E-state index in [0.717, 1.165) is 44.1 Å². The second-order valence-electron chi connectivity index (χ2n) is 7.64. The van der Waals surface area contributed by atoms with Crippen molar-refractivity contribution in [3.63, 3.8) is 0 Å². The highest BCUT2D eigenvalue weighted by molar-refractivity contribution is 6.01. The van der Waals surface area contributed by atoms with E-state index in [9.17, 15) is 4.79 Å². The van der Waals surface area contributed by atoms with Crippen LogP contribution in [0.4, 0.5) is 5.69 Å². The van der Waals surface area contributed by atoms with E-state index in [-0.39, 0.29) is 5.91 Å². The van der Waals surface area contributed by atoms with Gasteiger partial charge < -0.3 is 9.88 Å². The topological polar surface area (TPSA) is 75.9 Å². The molecule has 1 fully saturated rings. The van der Waals surface area contributed by atoms with Crippen LogP contribution < -0.4 is 5.32 Å². The molecule has 0 spiro atoms. The third-order valence-corrected chi connectivity index (χ3v) is 5.73. The number of para-hydroxylation sites is 1. The normalized spacial score (nSPS) is 21.1. The van der Waals surface area contributed by atoms with Crippen molar-refractivity contribution in [2.45, 2.75) is 19.5 Å². The number of carbonyl (C=O) groups excluding carboxylic acids is 1. The molecule has 3 aromatic rings. The zero-order valence-electron chi connectivity index (χ0n) is 15.5. The Morgan fingerprint density at radius 2 is 1.79 bits per heavy atom. The lowest BCUT2D eigenvalue weighted by molar-refractivity contribution is 0.100. The fourth-order valence-corrected chi connectivity index (χ4v) is 4.37. The molecule has 1 amide bonds. The van der Waals surface area contributed by atoms with Crippen molar-refractivity contribution in [3.05, 3.63) is 72.1 Å². The Hall–Kier alpha value is -3.06. The minimum atomic E-state index is -0.199. The maximum Gasteiger partial charge on any atom is 0.293 e. The number of fused-ring (bicyclic) bond motifs is 2. The van der Waals surface area contributed by atoms with Crippen molar-refractivity contribution in [1.29, 1.82) is 0 Å². The van der Waals surface area contributed by atoms with E-state index in [1.54, 1.807) is 0 Å². The molecular formula is C21H22N6O. The maximum atomic E-state index is 12.7. The average Bonchev–Trinajstić information content (AvgIpc) is 3.30. The number of pyridine rings is 1. The largest absolute Gasteiger partial charge is 0.319 e. The van der Waals surface area contributed by atoms with Gasteiger partial charge in [0.1, 0.15) is 5.82 Å². The molecule has 0 saturated carbocycles. The number of nitrogens with zero attached hydrogens (tertiary/aromatic N) is 5. The second-order valence-corrected chi connectivity index (χ2v) is 7.64. The molecule has 142 valence electrons. The molecule has 7 nitrogen and oxygen atoms in total. The van der Waals surface area contributed by atoms with E-state index in [2.05, 4.69) is 37.5 Å². The molecule has 0 radical (unpaired) electrons. The first-order valence-corrected chi connectivity index (χ1v) is 9.66. The zero-order valence-corrected chi connectivity index (χ0v) is 15.5. The van der Waals surface area contributed by atoms with Gasteiger partial charge in [-0.1, -0.05) is 18.2 Å². The van der Waals surface area contributed by atoms with Gasteiger partial charge in [-0.3, -0.25) is 14.7 Å². The van der Waals surface area contributed by atoms with Gasteiger partial charge in [-0.25, -0.2) is 0 Å². The number of aromatic nitrogens is 4. The number of amides is 1. The van der Waals surface area contributed by atoms with Crippen LogP contribution in [0.2, 0.25) is 0 Å². The van der Waals surface area contributed by atoms with Gasteiger partial charge in [-0.05, 0) is 41.7 Å². The summed E-state index contributed by atoms with van der Waals surface area (Å²) in [5.41, 5.74) is 2.05. The van der Waals surface area contributed by atoms with E-state index in [1.807, 2.05) is 47.3 Å². The van der Waals surface area contributed by atoms with Gasteiger partial charge in [0.25, 0.3) is 5.91 Å². The number of anilines is 1. The highest BCUT2D eigenvalue weighted by Gasteiger charge is 2.39.